The summed E-state index contributed by atoms with van der Waals surface area (Å²) < 4.78 is 6.77. The second-order valence-electron chi connectivity index (χ2n) is 7.04. The summed E-state index contributed by atoms with van der Waals surface area (Å²) in [7, 11) is 0. The first-order valence-corrected chi connectivity index (χ1v) is 11.9. The molecule has 9 heteroatoms. The fraction of sp³-hybridized carbons (Fsp3) is 0. The molecule has 3 aromatic carbocycles. The molecule has 164 valence electrons. The number of aromatic nitrogens is 1. The Morgan fingerprint density at radius 2 is 1.64 bits per heavy atom. The van der Waals surface area contributed by atoms with Crippen LogP contribution in [0.3, 0.4) is 0 Å². The Bertz CT molecular complexity index is 1490. The van der Waals surface area contributed by atoms with Gasteiger partial charge in [0, 0.05) is 21.2 Å². The zero-order chi connectivity index (χ0) is 23.1. The Kier molecular flexibility index (Phi) is 6.08. The molecule has 1 N–H and O–H groups in total. The fourth-order valence-corrected chi connectivity index (χ4v) is 5.36. The van der Waals surface area contributed by atoms with Crippen molar-refractivity contribution in [3.8, 4) is 21.9 Å². The van der Waals surface area contributed by atoms with Crippen LogP contribution >= 0.6 is 57.7 Å². The van der Waals surface area contributed by atoms with E-state index in [0.717, 1.165) is 10.2 Å². The molecule has 0 saturated carbocycles. The van der Waals surface area contributed by atoms with Crippen molar-refractivity contribution < 1.29 is 9.21 Å². The molecule has 0 aliphatic heterocycles. The lowest BCUT2D eigenvalue weighted by Crippen LogP contribution is -2.12. The van der Waals surface area contributed by atoms with E-state index in [4.69, 9.17) is 50.8 Å². The van der Waals surface area contributed by atoms with Crippen LogP contribution in [-0.2, 0) is 0 Å². The van der Waals surface area contributed by atoms with Gasteiger partial charge in [0.05, 0.1) is 25.9 Å². The predicted molar refractivity (Wildman–Crippen MR) is 137 cm³/mol. The van der Waals surface area contributed by atoms with Crippen LogP contribution in [-0.4, -0.2) is 10.9 Å². The number of benzene rings is 3. The molecule has 0 saturated heterocycles. The lowest BCUT2D eigenvalue weighted by atomic mass is 10.1. The van der Waals surface area contributed by atoms with Crippen LogP contribution in [0.25, 0.3) is 32.1 Å². The minimum Gasteiger partial charge on any atom is -0.451 e. The SMILES string of the molecule is O=C(Nc1c(Cl)cc(Cl)cc1-c1nc2ccccc2s1)c1ccc(-c2ccc(Cl)cc2Cl)o1. The van der Waals surface area contributed by atoms with E-state index in [0.29, 0.717) is 42.7 Å². The largest absolute Gasteiger partial charge is 0.451 e. The van der Waals surface area contributed by atoms with E-state index >= 15 is 0 Å². The summed E-state index contributed by atoms with van der Waals surface area (Å²) in [5, 5.41) is 5.18. The normalized spacial score (nSPS) is 11.2. The number of carbonyl (C=O) groups is 1. The van der Waals surface area contributed by atoms with Gasteiger partial charge < -0.3 is 9.73 Å². The first-order chi connectivity index (χ1) is 15.9. The summed E-state index contributed by atoms with van der Waals surface area (Å²) in [6, 6.07) is 19.3. The molecular formula is C24H12Cl4N2O2S. The van der Waals surface area contributed by atoms with Gasteiger partial charge in [-0.25, -0.2) is 4.98 Å². The van der Waals surface area contributed by atoms with Crippen LogP contribution in [0.15, 0.2) is 71.1 Å². The summed E-state index contributed by atoms with van der Waals surface area (Å²) in [6.45, 7) is 0. The quantitative estimate of drug-likeness (QED) is 0.250. The van der Waals surface area contributed by atoms with E-state index in [-0.39, 0.29) is 10.8 Å². The number of rotatable bonds is 4. The first kappa shape index (κ1) is 22.3. The first-order valence-electron chi connectivity index (χ1n) is 9.60. The number of thiazole rings is 1. The predicted octanol–water partition coefficient (Wildman–Crippen LogP) is 9.09. The molecular weight excluding hydrogens is 522 g/mol. The Morgan fingerprint density at radius 1 is 0.848 bits per heavy atom. The highest BCUT2D eigenvalue weighted by Gasteiger charge is 2.20. The highest BCUT2D eigenvalue weighted by molar-refractivity contribution is 7.21. The van der Waals surface area contributed by atoms with E-state index in [1.807, 2.05) is 24.3 Å². The number of halogens is 4. The van der Waals surface area contributed by atoms with E-state index < -0.39 is 5.91 Å². The minimum atomic E-state index is -0.474. The van der Waals surface area contributed by atoms with E-state index in [1.54, 1.807) is 42.5 Å². The van der Waals surface area contributed by atoms with Gasteiger partial charge in [0.1, 0.15) is 10.8 Å². The number of anilines is 1. The summed E-state index contributed by atoms with van der Waals surface area (Å²) in [6.07, 6.45) is 0. The van der Waals surface area contributed by atoms with Crippen LogP contribution in [0, 0.1) is 0 Å². The summed E-state index contributed by atoms with van der Waals surface area (Å²) >= 11 is 26.4. The van der Waals surface area contributed by atoms with Crippen molar-refractivity contribution in [2.75, 3.05) is 5.32 Å². The number of nitrogens with zero attached hydrogens (tertiary/aromatic N) is 1. The topological polar surface area (TPSA) is 55.1 Å². The number of fused-ring (bicyclic) bond motifs is 1. The van der Waals surface area contributed by atoms with Crippen LogP contribution in [0.4, 0.5) is 5.69 Å². The number of carbonyl (C=O) groups excluding carboxylic acids is 1. The highest BCUT2D eigenvalue weighted by Crippen LogP contribution is 2.40. The lowest BCUT2D eigenvalue weighted by Gasteiger charge is -2.11. The van der Waals surface area contributed by atoms with Gasteiger partial charge >= 0.3 is 0 Å². The highest BCUT2D eigenvalue weighted by atomic mass is 35.5. The third kappa shape index (κ3) is 4.47. The molecule has 0 bridgehead atoms. The second-order valence-corrected chi connectivity index (χ2v) is 9.76. The van der Waals surface area contributed by atoms with Gasteiger partial charge in [0.2, 0.25) is 0 Å². The third-order valence-corrected chi connectivity index (χ3v) is 6.98. The van der Waals surface area contributed by atoms with Gasteiger partial charge in [-0.2, -0.15) is 0 Å². The van der Waals surface area contributed by atoms with E-state index in [2.05, 4.69) is 10.3 Å². The number of amides is 1. The van der Waals surface area contributed by atoms with Crippen LogP contribution < -0.4 is 5.32 Å². The molecule has 5 aromatic rings. The molecule has 0 radical (unpaired) electrons. The van der Waals surface area contributed by atoms with Crippen LogP contribution in [0.2, 0.25) is 20.1 Å². The zero-order valence-electron chi connectivity index (χ0n) is 16.5. The van der Waals surface area contributed by atoms with Crippen molar-refractivity contribution in [3.63, 3.8) is 0 Å². The third-order valence-electron chi connectivity index (χ3n) is 4.84. The number of hydrogen-bond acceptors (Lipinski definition) is 4. The summed E-state index contributed by atoms with van der Waals surface area (Å²) in [5.41, 5.74) is 2.49. The maximum Gasteiger partial charge on any atom is 0.291 e. The minimum absolute atomic E-state index is 0.0947. The molecule has 1 amide bonds. The standard InChI is InChI=1S/C24H12Cl4N2O2S/c25-12-5-6-14(16(27)10-12)19-7-8-20(32-19)23(31)30-22-15(9-13(26)11-17(22)28)24-29-18-3-1-2-4-21(18)33-24/h1-11H,(H,30,31). The van der Waals surface area contributed by atoms with Crippen molar-refractivity contribution in [2.45, 2.75) is 0 Å². The molecule has 0 spiro atoms. The number of hydrogen-bond donors (Lipinski definition) is 1. The number of furan rings is 1. The monoisotopic (exact) mass is 532 g/mol. The summed E-state index contributed by atoms with van der Waals surface area (Å²) in [4.78, 5) is 17.7. The van der Waals surface area contributed by atoms with E-state index in [1.165, 1.54) is 11.3 Å². The lowest BCUT2D eigenvalue weighted by molar-refractivity contribution is 0.0997. The van der Waals surface area contributed by atoms with E-state index in [9.17, 15) is 4.79 Å². The van der Waals surface area contributed by atoms with Crippen molar-refractivity contribution in [1.29, 1.82) is 0 Å². The molecule has 2 aromatic heterocycles. The molecule has 4 nitrogen and oxygen atoms in total. The molecule has 0 unspecified atom stereocenters. The average Bonchev–Trinajstić information content (AvgIpc) is 3.42. The maximum atomic E-state index is 13.0. The van der Waals surface area contributed by atoms with Crippen molar-refractivity contribution in [1.82, 2.24) is 4.98 Å². The smallest absolute Gasteiger partial charge is 0.291 e. The molecule has 33 heavy (non-hydrogen) atoms. The molecule has 0 aliphatic rings. The molecule has 0 aliphatic carbocycles. The molecule has 5 rings (SSSR count). The van der Waals surface area contributed by atoms with Crippen molar-refractivity contribution in [3.05, 3.63) is 92.6 Å². The molecule has 2 heterocycles. The maximum absolute atomic E-state index is 13.0. The molecule has 0 fully saturated rings. The van der Waals surface area contributed by atoms with Gasteiger partial charge in [-0.15, -0.1) is 11.3 Å². The van der Waals surface area contributed by atoms with Gasteiger partial charge in [-0.3, -0.25) is 4.79 Å². The van der Waals surface area contributed by atoms with Gasteiger partial charge in [0.15, 0.2) is 5.76 Å². The van der Waals surface area contributed by atoms with Crippen LogP contribution in [0.1, 0.15) is 10.6 Å². The summed E-state index contributed by atoms with van der Waals surface area (Å²) in [5.74, 6) is 0.0608. The van der Waals surface area contributed by atoms with Gasteiger partial charge in [-0.05, 0) is 54.6 Å². The van der Waals surface area contributed by atoms with Crippen molar-refractivity contribution in [2.24, 2.45) is 0 Å². The Morgan fingerprint density at radius 3 is 2.42 bits per heavy atom. The Balaban J connectivity index is 1.50. The van der Waals surface area contributed by atoms with Crippen LogP contribution in [0.5, 0.6) is 0 Å². The van der Waals surface area contributed by atoms with Crippen molar-refractivity contribution >= 4 is 79.6 Å². The van der Waals surface area contributed by atoms with Gasteiger partial charge in [-0.1, -0.05) is 58.5 Å². The Hall–Kier alpha value is -2.54. The average molecular weight is 534 g/mol. The zero-order valence-corrected chi connectivity index (χ0v) is 20.4. The Labute approximate surface area is 212 Å². The van der Waals surface area contributed by atoms with Gasteiger partial charge in [0.25, 0.3) is 5.91 Å². The molecule has 0 atom stereocenters. The second kappa shape index (κ2) is 9.01. The number of nitrogens with one attached hydrogen (secondary N) is 1. The number of para-hydroxylation sites is 1. The fourth-order valence-electron chi connectivity index (χ4n) is 3.33.